The number of benzene rings is 2. The number of hydrogen-bond acceptors (Lipinski definition) is 6. The molecule has 7 nitrogen and oxygen atoms in total. The van der Waals surface area contributed by atoms with E-state index in [9.17, 15) is 5.11 Å². The maximum atomic E-state index is 10.5. The Kier molecular flexibility index (Phi) is 6.26. The van der Waals surface area contributed by atoms with Crippen LogP contribution in [0.5, 0.6) is 5.75 Å². The number of methoxy groups -OCH3 is 1. The summed E-state index contributed by atoms with van der Waals surface area (Å²) in [4.78, 5) is 12.5. The van der Waals surface area contributed by atoms with Gasteiger partial charge in [-0.15, -0.1) is 0 Å². The van der Waals surface area contributed by atoms with Gasteiger partial charge < -0.3 is 24.1 Å². The van der Waals surface area contributed by atoms with Crippen LogP contribution in [0, 0.1) is 6.92 Å². The van der Waals surface area contributed by atoms with Gasteiger partial charge in [-0.3, -0.25) is 0 Å². The summed E-state index contributed by atoms with van der Waals surface area (Å²) < 4.78 is 7.66. The maximum Gasteiger partial charge on any atom is 0.260 e. The van der Waals surface area contributed by atoms with Crippen LogP contribution in [0.1, 0.15) is 29.7 Å². The first-order valence-electron chi connectivity index (χ1n) is 12.4. The van der Waals surface area contributed by atoms with Crippen molar-refractivity contribution < 1.29 is 14.7 Å². The third-order valence-electron chi connectivity index (χ3n) is 7.04. The summed E-state index contributed by atoms with van der Waals surface area (Å²) in [5, 5.41) is 16.4. The van der Waals surface area contributed by atoms with Crippen LogP contribution in [-0.4, -0.2) is 53.7 Å². The lowest BCUT2D eigenvalue weighted by atomic mass is 9.95. The molecule has 0 amide bonds. The molecule has 1 saturated heterocycles. The minimum absolute atomic E-state index is 0.174. The summed E-state index contributed by atoms with van der Waals surface area (Å²) in [6.45, 7) is 9.56. The second kappa shape index (κ2) is 9.26. The molecular weight excluding hydrogens is 468 g/mol. The van der Waals surface area contributed by atoms with Crippen molar-refractivity contribution in [3.05, 3.63) is 77.4 Å². The lowest BCUT2D eigenvalue weighted by Crippen LogP contribution is -2.51. The zero-order chi connectivity index (χ0) is 25.5. The van der Waals surface area contributed by atoms with Crippen LogP contribution < -0.4 is 9.92 Å². The Morgan fingerprint density at radius 3 is 2.58 bits per heavy atom. The number of rotatable bonds is 6. The topological polar surface area (TPSA) is 72.1 Å². The second-order valence-electron chi connectivity index (χ2n) is 10.6. The molecule has 0 radical (unpaired) electrons. The van der Waals surface area contributed by atoms with Gasteiger partial charge in [0.25, 0.3) is 5.72 Å². The van der Waals surface area contributed by atoms with Crippen molar-refractivity contribution in [2.24, 2.45) is 5.16 Å². The number of aliphatic hydroxyl groups excluding tert-OH is 1. The fourth-order valence-electron chi connectivity index (χ4n) is 4.98. The molecule has 2 aliphatic heterocycles. The van der Waals surface area contributed by atoms with Crippen molar-refractivity contribution in [3.63, 3.8) is 0 Å². The molecule has 188 valence electrons. The zero-order valence-electron chi connectivity index (χ0n) is 21.7. The molecule has 1 fully saturated rings. The number of oxime groups is 1. The molecule has 0 aliphatic carbocycles. The van der Waals surface area contributed by atoms with E-state index < -0.39 is 13.8 Å². The van der Waals surface area contributed by atoms with Crippen LogP contribution >= 0.6 is 0 Å². The molecule has 3 heterocycles. The van der Waals surface area contributed by atoms with Gasteiger partial charge in [0.1, 0.15) is 12.4 Å². The average molecular weight is 503 g/mol. The van der Waals surface area contributed by atoms with Crippen LogP contribution in [0.15, 0.2) is 65.7 Å². The number of amidine groups is 1. The highest BCUT2D eigenvalue weighted by Gasteiger charge is 2.49. The van der Waals surface area contributed by atoms with E-state index in [1.807, 2.05) is 29.8 Å². The number of ether oxygens (including phenoxy) is 1. The molecule has 36 heavy (non-hydrogen) atoms. The van der Waals surface area contributed by atoms with Crippen molar-refractivity contribution in [1.82, 2.24) is 14.5 Å². The number of imidazole rings is 1. The van der Waals surface area contributed by atoms with Crippen molar-refractivity contribution in [2.75, 3.05) is 20.3 Å². The number of aryl methyl sites for hydroxylation is 1. The van der Waals surface area contributed by atoms with Gasteiger partial charge >= 0.3 is 0 Å². The molecule has 1 unspecified atom stereocenters. The molecular formula is C28H34N4O3Si. The van der Waals surface area contributed by atoms with Crippen molar-refractivity contribution in [3.8, 4) is 11.4 Å². The van der Waals surface area contributed by atoms with Crippen LogP contribution in [0.4, 0.5) is 0 Å². The highest BCUT2D eigenvalue weighted by Crippen LogP contribution is 2.40. The minimum atomic E-state index is -1.42. The zero-order valence-corrected chi connectivity index (χ0v) is 22.7. The first kappa shape index (κ1) is 24.3. The summed E-state index contributed by atoms with van der Waals surface area (Å²) in [6.07, 6.45) is 7.75. The molecule has 1 aromatic heterocycles. The Labute approximate surface area is 213 Å². The number of hydrogen-bond donors (Lipinski definition) is 1. The highest BCUT2D eigenvalue weighted by molar-refractivity contribution is 6.88. The Bertz CT molecular complexity index is 1320. The van der Waals surface area contributed by atoms with E-state index in [4.69, 9.17) is 9.57 Å². The molecule has 2 aromatic carbocycles. The van der Waals surface area contributed by atoms with Crippen LogP contribution in [-0.2, 0) is 10.6 Å². The molecule has 5 rings (SSSR count). The molecule has 2 aliphatic rings. The Balaban J connectivity index is 1.45. The molecule has 0 bridgehead atoms. The number of aromatic nitrogens is 2. The number of aliphatic hydroxyl groups is 1. The quantitative estimate of drug-likeness (QED) is 0.506. The predicted octanol–water partition coefficient (Wildman–Crippen LogP) is 4.40. The molecule has 0 spiro atoms. The van der Waals surface area contributed by atoms with Crippen molar-refractivity contribution in [1.29, 1.82) is 0 Å². The van der Waals surface area contributed by atoms with E-state index in [1.165, 1.54) is 5.19 Å². The van der Waals surface area contributed by atoms with E-state index in [0.717, 1.165) is 59.1 Å². The normalized spacial score (nSPS) is 20.8. The van der Waals surface area contributed by atoms with Crippen molar-refractivity contribution in [2.45, 2.75) is 45.1 Å². The molecule has 3 aromatic rings. The number of fused-ring (bicyclic) bond motifs is 1. The van der Waals surface area contributed by atoms with Gasteiger partial charge in [-0.25, -0.2) is 4.98 Å². The second-order valence-corrected chi connectivity index (χ2v) is 15.6. The Morgan fingerprint density at radius 2 is 1.94 bits per heavy atom. The van der Waals surface area contributed by atoms with Gasteiger partial charge in [0.15, 0.2) is 5.84 Å². The first-order valence-corrected chi connectivity index (χ1v) is 15.9. The Morgan fingerprint density at radius 1 is 1.17 bits per heavy atom. The van der Waals surface area contributed by atoms with E-state index in [-0.39, 0.29) is 6.61 Å². The summed E-state index contributed by atoms with van der Waals surface area (Å²) >= 11 is 0. The van der Waals surface area contributed by atoms with E-state index in [1.54, 1.807) is 13.4 Å². The number of piperidine rings is 1. The largest absolute Gasteiger partial charge is 0.495 e. The van der Waals surface area contributed by atoms with Gasteiger partial charge in [0.2, 0.25) is 0 Å². The maximum absolute atomic E-state index is 10.5. The Hall–Kier alpha value is -3.36. The van der Waals surface area contributed by atoms with E-state index >= 15 is 0 Å². The monoisotopic (exact) mass is 502 g/mol. The first-order chi connectivity index (χ1) is 17.2. The fourth-order valence-corrected chi connectivity index (χ4v) is 6.15. The van der Waals surface area contributed by atoms with Crippen LogP contribution in [0.25, 0.3) is 11.8 Å². The SMILES string of the molecule is COc1cc(/C=C2\CCCN3C2=NOC3(CO)c2ccc([Si](C)(C)C)cc2)ccc1-n1cnc(C)c1. The predicted molar refractivity (Wildman–Crippen MR) is 145 cm³/mol. The molecule has 1 atom stereocenters. The third-order valence-corrected chi connectivity index (χ3v) is 9.11. The van der Waals surface area contributed by atoms with Gasteiger partial charge in [0.05, 0.1) is 32.9 Å². The van der Waals surface area contributed by atoms with E-state index in [2.05, 4.69) is 71.1 Å². The lowest BCUT2D eigenvalue weighted by Gasteiger charge is -2.39. The van der Waals surface area contributed by atoms with Crippen LogP contribution in [0.2, 0.25) is 19.6 Å². The van der Waals surface area contributed by atoms with Crippen LogP contribution in [0.3, 0.4) is 0 Å². The lowest BCUT2D eigenvalue weighted by molar-refractivity contribution is -0.137. The standard InChI is InChI=1S/C28H34N4O3Si/c1-20-17-31(19-29-20)25-13-8-21(16-26(25)34-2)15-22-7-6-14-32-27(22)30-35-28(32,18-33)23-9-11-24(12-10-23)36(3,4)5/h8-13,15-17,19,33H,6-7,14,18H2,1-5H3/b22-15+. The van der Waals surface area contributed by atoms with Gasteiger partial charge in [-0.1, -0.05) is 60.3 Å². The number of nitrogens with zero attached hydrogens (tertiary/aromatic N) is 4. The smallest absolute Gasteiger partial charge is 0.260 e. The van der Waals surface area contributed by atoms with Crippen molar-refractivity contribution >= 4 is 25.2 Å². The molecule has 1 N–H and O–H groups in total. The minimum Gasteiger partial charge on any atom is -0.495 e. The summed E-state index contributed by atoms with van der Waals surface area (Å²) in [5.41, 5.74) is 3.93. The summed E-state index contributed by atoms with van der Waals surface area (Å²) in [6, 6.07) is 14.7. The van der Waals surface area contributed by atoms with Gasteiger partial charge in [0, 0.05) is 18.3 Å². The van der Waals surface area contributed by atoms with Gasteiger partial charge in [-0.05, 0) is 49.1 Å². The summed E-state index contributed by atoms with van der Waals surface area (Å²) in [7, 11) is 0.259. The fraction of sp³-hybridized carbons (Fsp3) is 0.357. The third kappa shape index (κ3) is 4.24. The molecule has 0 saturated carbocycles. The van der Waals surface area contributed by atoms with E-state index in [0.29, 0.717) is 0 Å². The average Bonchev–Trinajstić information content (AvgIpc) is 3.48. The molecule has 8 heteroatoms. The summed E-state index contributed by atoms with van der Waals surface area (Å²) in [5.74, 6) is 1.56. The van der Waals surface area contributed by atoms with Gasteiger partial charge in [-0.2, -0.15) is 0 Å². The highest BCUT2D eigenvalue weighted by atomic mass is 28.3.